The van der Waals surface area contributed by atoms with E-state index in [1.54, 1.807) is 29.2 Å². The van der Waals surface area contributed by atoms with Crippen molar-refractivity contribution in [2.45, 2.75) is 58.4 Å². The molecule has 0 N–H and O–H groups in total. The largest absolute Gasteiger partial charge is 0.286 e. The molecule has 9 heteroatoms. The Hall–Kier alpha value is -3.04. The van der Waals surface area contributed by atoms with Crippen LogP contribution >= 0.6 is 11.3 Å². The number of hydrogen-bond donors (Lipinski definition) is 0. The number of carbonyl (C=O) groups is 1. The summed E-state index contributed by atoms with van der Waals surface area (Å²) >= 11 is 1.46. The molecule has 7 nitrogen and oxygen atoms in total. The van der Waals surface area contributed by atoms with Crippen LogP contribution in [0.15, 0.2) is 53.4 Å². The first kappa shape index (κ1) is 26.0. The molecule has 2 aromatic carbocycles. The summed E-state index contributed by atoms with van der Waals surface area (Å²) in [5.41, 5.74) is 4.92. The Morgan fingerprint density at radius 3 is 2.44 bits per heavy atom. The monoisotopic (exact) mass is 524 g/mol. The van der Waals surface area contributed by atoms with Gasteiger partial charge in [0.2, 0.25) is 5.91 Å². The predicted octanol–water partition coefficient (Wildman–Crippen LogP) is 5.44. The highest BCUT2D eigenvalue weighted by atomic mass is 32.2. The lowest BCUT2D eigenvalue weighted by atomic mass is 10.0. The molecule has 1 amide bonds. The molecular formula is C27H32N4O3S2. The van der Waals surface area contributed by atoms with Crippen molar-refractivity contribution in [2.75, 3.05) is 17.2 Å². The number of hydrogen-bond acceptors (Lipinski definition) is 6. The number of thiazole rings is 1. The van der Waals surface area contributed by atoms with Gasteiger partial charge in [0.25, 0.3) is 0 Å². The smallest absolute Gasteiger partial charge is 0.229 e. The van der Waals surface area contributed by atoms with Crippen LogP contribution in [0.1, 0.15) is 48.7 Å². The van der Waals surface area contributed by atoms with Crippen LogP contribution in [0.4, 0.5) is 5.13 Å². The third-order valence-corrected chi connectivity index (χ3v) is 8.97. The zero-order chi connectivity index (χ0) is 26.0. The van der Waals surface area contributed by atoms with Crippen LogP contribution in [0.25, 0.3) is 10.2 Å². The molecule has 0 radical (unpaired) electrons. The average molecular weight is 525 g/mol. The van der Waals surface area contributed by atoms with Crippen LogP contribution < -0.4 is 4.90 Å². The second-order valence-electron chi connectivity index (χ2n) is 9.42. The minimum atomic E-state index is -3.58. The van der Waals surface area contributed by atoms with Gasteiger partial charge in [-0.05, 0) is 56.5 Å². The van der Waals surface area contributed by atoms with E-state index in [4.69, 9.17) is 4.98 Å². The minimum absolute atomic E-state index is 0.125. The maximum Gasteiger partial charge on any atom is 0.229 e. The number of para-hydroxylation sites is 1. The van der Waals surface area contributed by atoms with Crippen molar-refractivity contribution in [1.29, 1.82) is 0 Å². The predicted molar refractivity (Wildman–Crippen MR) is 146 cm³/mol. The van der Waals surface area contributed by atoms with Crippen molar-refractivity contribution in [2.24, 2.45) is 0 Å². The molecule has 0 aliphatic carbocycles. The molecule has 0 bridgehead atoms. The number of sulfone groups is 1. The lowest BCUT2D eigenvalue weighted by Gasteiger charge is -2.20. The van der Waals surface area contributed by atoms with E-state index in [1.807, 2.05) is 43.7 Å². The van der Waals surface area contributed by atoms with Crippen molar-refractivity contribution in [3.05, 3.63) is 71.0 Å². The lowest BCUT2D eigenvalue weighted by Crippen LogP contribution is -2.35. The van der Waals surface area contributed by atoms with Crippen molar-refractivity contribution < 1.29 is 13.2 Å². The molecule has 0 aliphatic heterocycles. The highest BCUT2D eigenvalue weighted by Crippen LogP contribution is 2.34. The van der Waals surface area contributed by atoms with Crippen LogP contribution in [0.3, 0.4) is 0 Å². The first-order chi connectivity index (χ1) is 17.0. The van der Waals surface area contributed by atoms with E-state index in [-0.39, 0.29) is 23.0 Å². The average Bonchev–Trinajstić information content (AvgIpc) is 3.40. The second kappa shape index (κ2) is 10.5. The number of fused-ring (bicyclic) bond motifs is 1. The summed E-state index contributed by atoms with van der Waals surface area (Å²) in [6.07, 6.45) is -0.125. The zero-order valence-electron chi connectivity index (χ0n) is 21.4. The van der Waals surface area contributed by atoms with Gasteiger partial charge in [-0.2, -0.15) is 5.10 Å². The van der Waals surface area contributed by atoms with Crippen LogP contribution in [0.2, 0.25) is 0 Å². The van der Waals surface area contributed by atoms with Gasteiger partial charge in [-0.1, -0.05) is 55.0 Å². The van der Waals surface area contributed by atoms with Gasteiger partial charge in [-0.15, -0.1) is 0 Å². The van der Waals surface area contributed by atoms with E-state index in [0.717, 1.165) is 32.7 Å². The first-order valence-corrected chi connectivity index (χ1v) is 14.5. The number of aromatic nitrogens is 3. The van der Waals surface area contributed by atoms with Crippen molar-refractivity contribution >= 4 is 42.4 Å². The van der Waals surface area contributed by atoms with Crippen LogP contribution in [-0.4, -0.2) is 41.4 Å². The second-order valence-corrected chi connectivity index (χ2v) is 12.5. The van der Waals surface area contributed by atoms with Gasteiger partial charge in [-0.25, -0.2) is 13.4 Å². The van der Waals surface area contributed by atoms with E-state index in [1.165, 1.54) is 11.3 Å². The Morgan fingerprint density at radius 1 is 1.08 bits per heavy atom. The summed E-state index contributed by atoms with van der Waals surface area (Å²) in [7, 11) is -3.58. The molecule has 0 saturated heterocycles. The normalized spacial score (nSPS) is 11.9. The molecule has 0 aliphatic rings. The summed E-state index contributed by atoms with van der Waals surface area (Å²) in [6.45, 7) is 10.9. The fourth-order valence-electron chi connectivity index (χ4n) is 4.18. The highest BCUT2D eigenvalue weighted by molar-refractivity contribution is 7.91. The molecule has 0 saturated carbocycles. The number of rotatable bonds is 9. The molecule has 190 valence electrons. The van der Waals surface area contributed by atoms with E-state index in [2.05, 4.69) is 25.0 Å². The van der Waals surface area contributed by atoms with Crippen LogP contribution in [0.5, 0.6) is 0 Å². The molecule has 0 atom stereocenters. The highest BCUT2D eigenvalue weighted by Gasteiger charge is 2.24. The summed E-state index contributed by atoms with van der Waals surface area (Å²) in [4.78, 5) is 20.2. The summed E-state index contributed by atoms with van der Waals surface area (Å²) in [5.74, 6) is -0.229. The molecular weight excluding hydrogens is 492 g/mol. The fourth-order valence-corrected chi connectivity index (χ4v) is 6.46. The third-order valence-electron chi connectivity index (χ3n) is 6.20. The van der Waals surface area contributed by atoms with E-state index in [0.29, 0.717) is 24.1 Å². The van der Waals surface area contributed by atoms with E-state index >= 15 is 0 Å². The zero-order valence-corrected chi connectivity index (χ0v) is 23.0. The van der Waals surface area contributed by atoms with Crippen LogP contribution in [0, 0.1) is 20.8 Å². The van der Waals surface area contributed by atoms with Gasteiger partial charge in [-0.3, -0.25) is 14.4 Å². The van der Waals surface area contributed by atoms with E-state index in [9.17, 15) is 13.2 Å². The SMILES string of the molecule is Cc1ccc(S(=O)(=O)CCC(=O)N(CCn2nc(C)cc2C)c2nc3c(C(C)C)cccc3s2)cc1. The standard InChI is InChI=1S/C27H32N4O3S2/c1-18(2)23-7-6-8-24-26(23)28-27(35-24)30(14-15-31-21(5)17-20(4)29-31)25(32)13-16-36(33,34)22-11-9-19(3)10-12-22/h6-12,17-18H,13-16H2,1-5H3. The Kier molecular flexibility index (Phi) is 7.61. The quantitative estimate of drug-likeness (QED) is 0.291. The molecule has 4 rings (SSSR count). The Labute approximate surface area is 216 Å². The summed E-state index contributed by atoms with van der Waals surface area (Å²) in [5, 5.41) is 5.09. The Bertz CT molecular complexity index is 1490. The maximum absolute atomic E-state index is 13.5. The van der Waals surface area contributed by atoms with Gasteiger partial charge >= 0.3 is 0 Å². The third kappa shape index (κ3) is 5.68. The molecule has 36 heavy (non-hydrogen) atoms. The van der Waals surface area contributed by atoms with Crippen molar-refractivity contribution in [3.63, 3.8) is 0 Å². The number of amides is 1. The molecule has 0 spiro atoms. The van der Waals surface area contributed by atoms with Gasteiger partial charge in [0, 0.05) is 18.7 Å². The summed E-state index contributed by atoms with van der Waals surface area (Å²) in [6, 6.07) is 14.8. The lowest BCUT2D eigenvalue weighted by molar-refractivity contribution is -0.118. The maximum atomic E-state index is 13.5. The number of carbonyl (C=O) groups excluding carboxylic acids is 1. The number of benzene rings is 2. The van der Waals surface area contributed by atoms with Gasteiger partial charge in [0.15, 0.2) is 15.0 Å². The van der Waals surface area contributed by atoms with Gasteiger partial charge in [0.05, 0.1) is 33.1 Å². The van der Waals surface area contributed by atoms with Crippen LogP contribution in [-0.2, 0) is 21.2 Å². The minimum Gasteiger partial charge on any atom is -0.286 e. The number of anilines is 1. The fraction of sp³-hybridized carbons (Fsp3) is 0.370. The van der Waals surface area contributed by atoms with Crippen molar-refractivity contribution in [3.8, 4) is 0 Å². The summed E-state index contributed by atoms with van der Waals surface area (Å²) < 4.78 is 28.7. The number of aryl methyl sites for hydroxylation is 3. The molecule has 2 heterocycles. The number of nitrogens with zero attached hydrogens (tertiary/aromatic N) is 4. The van der Waals surface area contributed by atoms with Gasteiger partial charge < -0.3 is 0 Å². The van der Waals surface area contributed by atoms with Crippen molar-refractivity contribution in [1.82, 2.24) is 14.8 Å². The molecule has 0 unspecified atom stereocenters. The van der Waals surface area contributed by atoms with Gasteiger partial charge in [0.1, 0.15) is 0 Å². The Balaban J connectivity index is 1.61. The molecule has 2 aromatic heterocycles. The molecule has 4 aromatic rings. The molecule has 0 fully saturated rings. The first-order valence-electron chi connectivity index (χ1n) is 12.1. The Morgan fingerprint density at radius 2 is 1.81 bits per heavy atom. The van der Waals surface area contributed by atoms with E-state index < -0.39 is 9.84 Å². The topological polar surface area (TPSA) is 85.2 Å².